The van der Waals surface area contributed by atoms with Crippen LogP contribution in [0.25, 0.3) is 10.4 Å². The molecule has 1 saturated heterocycles. The van der Waals surface area contributed by atoms with E-state index in [9.17, 15) is 24.3 Å². The number of amides is 4. The second-order valence-corrected chi connectivity index (χ2v) is 14.7. The number of carbonyl (C=O) groups is 4. The van der Waals surface area contributed by atoms with Gasteiger partial charge < -0.3 is 31.1 Å². The van der Waals surface area contributed by atoms with Gasteiger partial charge in [-0.1, -0.05) is 57.2 Å². The maximum absolute atomic E-state index is 14.0. The summed E-state index contributed by atoms with van der Waals surface area (Å²) in [5.41, 5.74) is 10.2. The average Bonchev–Trinajstić information content (AvgIpc) is 3.67. The molecule has 0 unspecified atom stereocenters. The quantitative estimate of drug-likeness (QED) is 0.171. The Hall–Kier alpha value is -4.29. The van der Waals surface area contributed by atoms with Crippen LogP contribution in [0.15, 0.2) is 54.0 Å². The molecule has 0 spiro atoms. The number of thiazole rings is 1. The van der Waals surface area contributed by atoms with Gasteiger partial charge in [-0.3, -0.25) is 19.2 Å². The van der Waals surface area contributed by atoms with Gasteiger partial charge in [-0.25, -0.2) is 4.98 Å². The Morgan fingerprint density at radius 3 is 2.47 bits per heavy atom. The number of likely N-dealkylation sites (tertiary alicyclic amines) is 1. The topological polar surface area (TPSA) is 164 Å². The fourth-order valence-electron chi connectivity index (χ4n) is 5.89. The van der Waals surface area contributed by atoms with Crippen LogP contribution in [-0.2, 0) is 25.6 Å². The molecule has 0 aliphatic carbocycles. The number of aliphatic hydroxyl groups excluding tert-OH is 1. The Balaban J connectivity index is 1.35. The van der Waals surface area contributed by atoms with Gasteiger partial charge in [0.1, 0.15) is 17.8 Å². The van der Waals surface area contributed by atoms with E-state index >= 15 is 0 Å². The molecular weight excluding hydrogens is 643 g/mol. The van der Waals surface area contributed by atoms with Gasteiger partial charge in [-0.2, -0.15) is 0 Å². The highest BCUT2D eigenvalue weighted by Crippen LogP contribution is 2.29. The first kappa shape index (κ1) is 37.5. The number of benzene rings is 2. The first-order chi connectivity index (χ1) is 23.2. The number of carbonyl (C=O) groups excluding carboxylic acids is 4. The largest absolute Gasteiger partial charge is 0.494 e. The minimum absolute atomic E-state index is 0.00592. The Morgan fingerprint density at radius 1 is 1.08 bits per heavy atom. The number of nitrogens with zero attached hydrogens (tertiary/aromatic N) is 2. The highest BCUT2D eigenvalue weighted by Gasteiger charge is 2.44. The van der Waals surface area contributed by atoms with Crippen molar-refractivity contribution in [1.82, 2.24) is 20.5 Å². The number of aromatic nitrogens is 1. The fraction of sp³-hybridized carbons (Fsp3) is 0.486. The molecule has 11 nitrogen and oxygen atoms in total. The van der Waals surface area contributed by atoms with Crippen LogP contribution in [0.1, 0.15) is 82.7 Å². The number of nitrogens with one attached hydrogen (secondary N) is 2. The van der Waals surface area contributed by atoms with Gasteiger partial charge in [0.25, 0.3) is 0 Å². The molecule has 0 radical (unpaired) electrons. The first-order valence-electron chi connectivity index (χ1n) is 16.8. The van der Waals surface area contributed by atoms with Gasteiger partial charge in [-0.05, 0) is 67.3 Å². The summed E-state index contributed by atoms with van der Waals surface area (Å²) >= 11 is 1.58. The molecule has 264 valence electrons. The maximum Gasteiger partial charge on any atom is 0.246 e. The molecule has 4 atom stereocenters. The van der Waals surface area contributed by atoms with Crippen molar-refractivity contribution in [3.8, 4) is 16.2 Å². The van der Waals surface area contributed by atoms with Crippen LogP contribution in [0, 0.1) is 12.3 Å². The summed E-state index contributed by atoms with van der Waals surface area (Å²) in [6, 6.07) is 13.3. The number of aliphatic hydroxyl groups is 1. The van der Waals surface area contributed by atoms with Crippen molar-refractivity contribution in [3.63, 3.8) is 0 Å². The number of unbranched alkanes of at least 4 members (excludes halogenated alkanes) is 1. The maximum atomic E-state index is 14.0. The van der Waals surface area contributed by atoms with Crippen LogP contribution in [0.2, 0.25) is 0 Å². The highest BCUT2D eigenvalue weighted by molar-refractivity contribution is 7.13. The minimum Gasteiger partial charge on any atom is -0.494 e. The standard InChI is InChI=1S/C37H49N5O6S/c1-23(26-13-15-27(16-14-26)33-24(2)39-22-49-33)40-35(46)30-20-28(43)21-42(30)36(47)34(37(3,4)5)41-32(45)17-12-25-9-8-10-29(19-25)48-18-7-6-11-31(38)44/h8-10,13-16,19,22-23,28,30,34,43H,6-7,11-12,17-18,20-21H2,1-5H3,(H2,38,44)(H,40,46)(H,41,45)/t23-,28+,30-,34+/m0/s1. The van der Waals surface area contributed by atoms with Crippen molar-refractivity contribution in [1.29, 1.82) is 0 Å². The van der Waals surface area contributed by atoms with E-state index in [1.54, 1.807) is 11.3 Å². The van der Waals surface area contributed by atoms with Crippen LogP contribution in [0.5, 0.6) is 5.75 Å². The second-order valence-electron chi connectivity index (χ2n) is 13.8. The molecule has 0 bridgehead atoms. The van der Waals surface area contributed by atoms with Crippen molar-refractivity contribution < 1.29 is 29.0 Å². The SMILES string of the molecule is Cc1ncsc1-c1ccc([C@H](C)NC(=O)[C@@H]2C[C@@H](O)CN2C(=O)[C@@H](NC(=O)CCc2cccc(OCCCCC(N)=O)c2)C(C)(C)C)cc1. The van der Waals surface area contributed by atoms with Crippen LogP contribution in [0.4, 0.5) is 0 Å². The zero-order valence-electron chi connectivity index (χ0n) is 29.0. The number of primary amides is 1. The predicted octanol–water partition coefficient (Wildman–Crippen LogP) is 4.46. The molecule has 3 aromatic rings. The lowest BCUT2D eigenvalue weighted by atomic mass is 9.85. The van der Waals surface area contributed by atoms with Gasteiger partial charge in [0.05, 0.1) is 34.8 Å². The van der Waals surface area contributed by atoms with E-state index in [0.29, 0.717) is 38.0 Å². The van der Waals surface area contributed by atoms with E-state index in [1.807, 2.05) is 88.7 Å². The normalized spacial score (nSPS) is 17.3. The third-order valence-electron chi connectivity index (χ3n) is 8.69. The number of rotatable bonds is 15. The summed E-state index contributed by atoms with van der Waals surface area (Å²) in [5, 5.41) is 16.5. The van der Waals surface area contributed by atoms with E-state index in [0.717, 1.165) is 27.3 Å². The zero-order chi connectivity index (χ0) is 35.7. The predicted molar refractivity (Wildman–Crippen MR) is 190 cm³/mol. The molecule has 49 heavy (non-hydrogen) atoms. The number of nitrogens with two attached hydrogens (primary N) is 1. The molecule has 4 amide bonds. The van der Waals surface area contributed by atoms with E-state index in [1.165, 1.54) is 4.90 Å². The average molecular weight is 692 g/mol. The summed E-state index contributed by atoms with van der Waals surface area (Å²) < 4.78 is 5.78. The van der Waals surface area contributed by atoms with Crippen molar-refractivity contribution in [2.75, 3.05) is 13.2 Å². The molecule has 2 aromatic carbocycles. The first-order valence-corrected chi connectivity index (χ1v) is 17.7. The van der Waals surface area contributed by atoms with Crippen molar-refractivity contribution in [2.45, 2.75) is 97.4 Å². The van der Waals surface area contributed by atoms with E-state index in [4.69, 9.17) is 10.5 Å². The van der Waals surface area contributed by atoms with Gasteiger partial charge >= 0.3 is 0 Å². The number of ether oxygens (including phenoxy) is 1. The summed E-state index contributed by atoms with van der Waals surface area (Å²) in [5.74, 6) is -0.703. The molecule has 2 heterocycles. The number of hydrogen-bond acceptors (Lipinski definition) is 8. The second kappa shape index (κ2) is 16.9. The van der Waals surface area contributed by atoms with Crippen molar-refractivity contribution >= 4 is 35.0 Å². The van der Waals surface area contributed by atoms with Gasteiger partial charge in [0.15, 0.2) is 0 Å². The van der Waals surface area contributed by atoms with Crippen molar-refractivity contribution in [3.05, 3.63) is 70.9 Å². The van der Waals surface area contributed by atoms with E-state index in [-0.39, 0.29) is 43.1 Å². The summed E-state index contributed by atoms with van der Waals surface area (Å²) in [6.07, 6.45) is 1.53. The number of β-amino-alcohol motifs (C(OH)–C–C–N with tert-alkyl or cyclic N) is 1. The van der Waals surface area contributed by atoms with Crippen LogP contribution >= 0.6 is 11.3 Å². The van der Waals surface area contributed by atoms with Gasteiger partial charge in [0.2, 0.25) is 23.6 Å². The number of hydrogen-bond donors (Lipinski definition) is 4. The Kier molecular flexibility index (Phi) is 12.9. The lowest BCUT2D eigenvalue weighted by Crippen LogP contribution is -2.57. The molecular formula is C37H49N5O6S. The Bertz CT molecular complexity index is 1600. The fourth-order valence-corrected chi connectivity index (χ4v) is 6.70. The molecule has 4 rings (SSSR count). The van der Waals surface area contributed by atoms with Crippen LogP contribution in [-0.4, -0.2) is 70.0 Å². The monoisotopic (exact) mass is 691 g/mol. The smallest absolute Gasteiger partial charge is 0.246 e. The molecule has 1 aromatic heterocycles. The summed E-state index contributed by atoms with van der Waals surface area (Å²) in [7, 11) is 0. The minimum atomic E-state index is -0.907. The Labute approximate surface area is 292 Å². The van der Waals surface area contributed by atoms with Gasteiger partial charge in [-0.15, -0.1) is 11.3 Å². The van der Waals surface area contributed by atoms with Crippen molar-refractivity contribution in [2.24, 2.45) is 11.1 Å². The van der Waals surface area contributed by atoms with E-state index in [2.05, 4.69) is 15.6 Å². The highest BCUT2D eigenvalue weighted by atomic mass is 32.1. The zero-order valence-corrected chi connectivity index (χ0v) is 29.8. The molecule has 0 saturated carbocycles. The summed E-state index contributed by atoms with van der Waals surface area (Å²) in [4.78, 5) is 58.5. The molecule has 1 aliphatic rings. The lowest BCUT2D eigenvalue weighted by Gasteiger charge is -2.35. The van der Waals surface area contributed by atoms with Crippen LogP contribution < -0.4 is 21.1 Å². The van der Waals surface area contributed by atoms with E-state index < -0.39 is 29.5 Å². The molecule has 12 heteroatoms. The third kappa shape index (κ3) is 10.6. The molecule has 1 fully saturated rings. The molecule has 5 N–H and O–H groups in total. The Morgan fingerprint density at radius 2 is 1.82 bits per heavy atom. The lowest BCUT2D eigenvalue weighted by molar-refractivity contribution is -0.144. The molecule has 1 aliphatic heterocycles. The summed E-state index contributed by atoms with van der Waals surface area (Å²) in [6.45, 7) is 9.90. The van der Waals surface area contributed by atoms with Gasteiger partial charge in [0, 0.05) is 25.8 Å². The third-order valence-corrected chi connectivity index (χ3v) is 9.66. The number of aryl methyl sites for hydroxylation is 2. The van der Waals surface area contributed by atoms with Crippen LogP contribution in [0.3, 0.4) is 0 Å².